The summed E-state index contributed by atoms with van der Waals surface area (Å²) in [5.74, 6) is 1.15. The van der Waals surface area contributed by atoms with Crippen molar-refractivity contribution in [2.75, 3.05) is 19.5 Å². The number of halogens is 1. The van der Waals surface area contributed by atoms with E-state index in [4.69, 9.17) is 9.47 Å². The summed E-state index contributed by atoms with van der Waals surface area (Å²) in [6, 6.07) is 11.5. The molecule has 2 rings (SSSR count). The quantitative estimate of drug-likeness (QED) is 0.819. The number of aryl methyl sites for hydroxylation is 1. The molecule has 4 nitrogen and oxygen atoms in total. The van der Waals surface area contributed by atoms with Crippen LogP contribution >= 0.6 is 15.9 Å². The van der Waals surface area contributed by atoms with Gasteiger partial charge in [-0.1, -0.05) is 35.0 Å². The Kier molecular flexibility index (Phi) is 6.04. The molecule has 0 saturated carbocycles. The van der Waals surface area contributed by atoms with E-state index in [9.17, 15) is 4.79 Å². The molecule has 1 amide bonds. The first-order valence-corrected chi connectivity index (χ1v) is 8.15. The number of carbonyl (C=O) groups excluding carboxylic acids is 1. The summed E-state index contributed by atoms with van der Waals surface area (Å²) < 4.78 is 11.3. The highest BCUT2D eigenvalue weighted by Gasteiger charge is 2.13. The van der Waals surface area contributed by atoms with Crippen molar-refractivity contribution in [2.45, 2.75) is 19.8 Å². The molecule has 0 spiro atoms. The van der Waals surface area contributed by atoms with Gasteiger partial charge in [0.2, 0.25) is 5.91 Å². The third-order valence-corrected chi connectivity index (χ3v) is 4.29. The predicted molar refractivity (Wildman–Crippen MR) is 95.4 cm³/mol. The van der Waals surface area contributed by atoms with E-state index in [0.717, 1.165) is 22.1 Å². The van der Waals surface area contributed by atoms with E-state index in [1.807, 2.05) is 30.3 Å². The normalized spacial score (nSPS) is 10.3. The van der Waals surface area contributed by atoms with Gasteiger partial charge in [0.1, 0.15) is 0 Å². The van der Waals surface area contributed by atoms with Gasteiger partial charge in [0, 0.05) is 10.2 Å². The lowest BCUT2D eigenvalue weighted by atomic mass is 10.1. The molecule has 0 atom stereocenters. The number of methoxy groups -OCH3 is 2. The van der Waals surface area contributed by atoms with Crippen LogP contribution in [0.1, 0.15) is 18.1 Å². The van der Waals surface area contributed by atoms with Gasteiger partial charge in [-0.25, -0.2) is 0 Å². The summed E-state index contributed by atoms with van der Waals surface area (Å²) in [6.45, 7) is 2.10. The van der Waals surface area contributed by atoms with Gasteiger partial charge in [0.25, 0.3) is 0 Å². The van der Waals surface area contributed by atoms with Gasteiger partial charge in [-0.15, -0.1) is 0 Å². The molecule has 122 valence electrons. The van der Waals surface area contributed by atoms with Crippen molar-refractivity contribution in [1.29, 1.82) is 0 Å². The molecule has 0 aliphatic heterocycles. The van der Waals surface area contributed by atoms with Gasteiger partial charge in [-0.05, 0) is 41.8 Å². The third-order valence-electron chi connectivity index (χ3n) is 3.55. The largest absolute Gasteiger partial charge is 0.493 e. The summed E-state index contributed by atoms with van der Waals surface area (Å²) in [5.41, 5.74) is 2.87. The smallest absolute Gasteiger partial charge is 0.228 e. The highest BCUT2D eigenvalue weighted by atomic mass is 79.9. The molecule has 2 aromatic carbocycles. The first-order chi connectivity index (χ1) is 11.1. The van der Waals surface area contributed by atoms with Crippen LogP contribution in [0.15, 0.2) is 40.9 Å². The Labute approximate surface area is 144 Å². The maximum atomic E-state index is 12.2. The Morgan fingerprint density at radius 2 is 1.70 bits per heavy atom. The predicted octanol–water partition coefficient (Wildman–Crippen LogP) is 4.21. The summed E-state index contributed by atoms with van der Waals surface area (Å²) in [4.78, 5) is 12.2. The second-order valence-corrected chi connectivity index (χ2v) is 5.93. The zero-order valence-corrected chi connectivity index (χ0v) is 15.1. The molecule has 5 heteroatoms. The van der Waals surface area contributed by atoms with Gasteiger partial charge in [0.05, 0.1) is 20.6 Å². The monoisotopic (exact) mass is 377 g/mol. The molecule has 0 aromatic heterocycles. The number of nitrogens with one attached hydrogen (secondary N) is 1. The van der Waals surface area contributed by atoms with Crippen LogP contribution in [0.25, 0.3) is 0 Å². The van der Waals surface area contributed by atoms with Crippen molar-refractivity contribution in [3.63, 3.8) is 0 Å². The first kappa shape index (κ1) is 17.3. The van der Waals surface area contributed by atoms with Crippen molar-refractivity contribution < 1.29 is 14.3 Å². The van der Waals surface area contributed by atoms with Crippen molar-refractivity contribution in [2.24, 2.45) is 0 Å². The van der Waals surface area contributed by atoms with Crippen molar-refractivity contribution in [3.05, 3.63) is 52.0 Å². The Balaban J connectivity index is 2.10. The lowest BCUT2D eigenvalue weighted by Crippen LogP contribution is -2.14. The van der Waals surface area contributed by atoms with Crippen LogP contribution in [-0.2, 0) is 17.6 Å². The van der Waals surface area contributed by atoms with Gasteiger partial charge in [-0.2, -0.15) is 0 Å². The van der Waals surface area contributed by atoms with Crippen LogP contribution in [0.5, 0.6) is 11.5 Å². The van der Waals surface area contributed by atoms with E-state index in [2.05, 4.69) is 28.2 Å². The van der Waals surface area contributed by atoms with Gasteiger partial charge < -0.3 is 14.8 Å². The standard InChI is InChI=1S/C18H20BrNO3/c1-4-12-5-7-14(8-6-12)20-18(21)10-13-9-16(22-2)17(23-3)11-15(13)19/h5-9,11H,4,10H2,1-3H3,(H,20,21). The fraction of sp³-hybridized carbons (Fsp3) is 0.278. The fourth-order valence-electron chi connectivity index (χ4n) is 2.23. The Morgan fingerprint density at radius 1 is 1.09 bits per heavy atom. The van der Waals surface area contributed by atoms with E-state index in [0.29, 0.717) is 11.5 Å². The highest BCUT2D eigenvalue weighted by molar-refractivity contribution is 9.10. The van der Waals surface area contributed by atoms with Crippen molar-refractivity contribution in [1.82, 2.24) is 0 Å². The molecule has 0 aliphatic rings. The molecule has 0 aliphatic carbocycles. The zero-order valence-electron chi connectivity index (χ0n) is 13.5. The van der Waals surface area contributed by atoms with Crippen LogP contribution < -0.4 is 14.8 Å². The van der Waals surface area contributed by atoms with Crippen molar-refractivity contribution >= 4 is 27.5 Å². The molecular formula is C18H20BrNO3. The summed E-state index contributed by atoms with van der Waals surface area (Å²) >= 11 is 3.47. The number of rotatable bonds is 6. The highest BCUT2D eigenvalue weighted by Crippen LogP contribution is 2.33. The van der Waals surface area contributed by atoms with Crippen LogP contribution in [0.4, 0.5) is 5.69 Å². The number of benzene rings is 2. The molecule has 0 radical (unpaired) electrons. The average Bonchev–Trinajstić information content (AvgIpc) is 2.56. The number of hydrogen-bond donors (Lipinski definition) is 1. The second kappa shape index (κ2) is 8.02. The average molecular weight is 378 g/mol. The zero-order chi connectivity index (χ0) is 16.8. The molecule has 2 aromatic rings. The molecule has 0 saturated heterocycles. The molecular weight excluding hydrogens is 358 g/mol. The van der Waals surface area contributed by atoms with E-state index in [1.165, 1.54) is 5.56 Å². The van der Waals surface area contributed by atoms with E-state index in [-0.39, 0.29) is 12.3 Å². The minimum Gasteiger partial charge on any atom is -0.493 e. The van der Waals surface area contributed by atoms with Crippen LogP contribution in [-0.4, -0.2) is 20.1 Å². The molecule has 0 unspecified atom stereocenters. The lowest BCUT2D eigenvalue weighted by molar-refractivity contribution is -0.115. The number of hydrogen-bond acceptors (Lipinski definition) is 3. The maximum Gasteiger partial charge on any atom is 0.228 e. The number of anilines is 1. The number of ether oxygens (including phenoxy) is 2. The Hall–Kier alpha value is -2.01. The van der Waals surface area contributed by atoms with E-state index >= 15 is 0 Å². The Morgan fingerprint density at radius 3 is 2.26 bits per heavy atom. The van der Waals surface area contributed by atoms with Gasteiger partial charge >= 0.3 is 0 Å². The topological polar surface area (TPSA) is 47.6 Å². The molecule has 0 bridgehead atoms. The lowest BCUT2D eigenvalue weighted by Gasteiger charge is -2.12. The second-order valence-electron chi connectivity index (χ2n) is 5.07. The Bertz CT molecular complexity index is 683. The minimum absolute atomic E-state index is 0.0813. The first-order valence-electron chi connectivity index (χ1n) is 7.36. The molecule has 0 heterocycles. The van der Waals surface area contributed by atoms with E-state index in [1.54, 1.807) is 20.3 Å². The van der Waals surface area contributed by atoms with Crippen LogP contribution in [0, 0.1) is 0 Å². The van der Waals surface area contributed by atoms with Gasteiger partial charge in [0.15, 0.2) is 11.5 Å². The number of amides is 1. The SMILES string of the molecule is CCc1ccc(NC(=O)Cc2cc(OC)c(OC)cc2Br)cc1. The molecule has 1 N–H and O–H groups in total. The third kappa shape index (κ3) is 4.48. The summed E-state index contributed by atoms with van der Waals surface area (Å²) in [7, 11) is 3.15. The van der Waals surface area contributed by atoms with E-state index < -0.39 is 0 Å². The summed E-state index contributed by atoms with van der Waals surface area (Å²) in [6.07, 6.45) is 1.23. The molecule has 0 fully saturated rings. The minimum atomic E-state index is -0.0813. The van der Waals surface area contributed by atoms with Gasteiger partial charge in [-0.3, -0.25) is 4.79 Å². The molecule has 23 heavy (non-hydrogen) atoms. The number of carbonyl (C=O) groups is 1. The maximum absolute atomic E-state index is 12.2. The van der Waals surface area contributed by atoms with Crippen LogP contribution in [0.3, 0.4) is 0 Å². The summed E-state index contributed by atoms with van der Waals surface area (Å²) in [5, 5.41) is 2.90. The fourth-order valence-corrected chi connectivity index (χ4v) is 2.70. The van der Waals surface area contributed by atoms with Crippen molar-refractivity contribution in [3.8, 4) is 11.5 Å². The van der Waals surface area contributed by atoms with Crippen LogP contribution in [0.2, 0.25) is 0 Å².